The number of amides is 1. The molecular formula is C12H19N3O. The third-order valence-corrected chi connectivity index (χ3v) is 2.26. The van der Waals surface area contributed by atoms with E-state index in [1.165, 1.54) is 5.56 Å². The second-order valence-corrected chi connectivity index (χ2v) is 3.94. The van der Waals surface area contributed by atoms with Crippen LogP contribution in [0.4, 0.5) is 5.69 Å². The molecule has 0 bridgehead atoms. The Bertz CT molecular complexity index is 335. The number of hydrogen-bond donors (Lipinski definition) is 2. The van der Waals surface area contributed by atoms with Crippen molar-refractivity contribution in [1.29, 1.82) is 0 Å². The molecule has 1 aromatic rings. The maximum absolute atomic E-state index is 11.6. The maximum atomic E-state index is 11.6. The van der Waals surface area contributed by atoms with E-state index in [9.17, 15) is 4.79 Å². The Hall–Kier alpha value is -1.39. The molecular weight excluding hydrogens is 202 g/mol. The number of anilines is 1. The van der Waals surface area contributed by atoms with Gasteiger partial charge in [0.15, 0.2) is 0 Å². The second-order valence-electron chi connectivity index (χ2n) is 3.94. The van der Waals surface area contributed by atoms with E-state index in [0.717, 1.165) is 12.2 Å². The smallest absolute Gasteiger partial charge is 0.238 e. The summed E-state index contributed by atoms with van der Waals surface area (Å²) in [5, 5.41) is 2.84. The molecule has 1 aromatic carbocycles. The molecule has 0 saturated carbocycles. The minimum Gasteiger partial charge on any atom is -0.329 e. The average molecular weight is 221 g/mol. The molecule has 0 aliphatic heterocycles. The highest BCUT2D eigenvalue weighted by Crippen LogP contribution is 2.08. The lowest BCUT2D eigenvalue weighted by atomic mass is 10.2. The topological polar surface area (TPSA) is 58.4 Å². The summed E-state index contributed by atoms with van der Waals surface area (Å²) in [7, 11) is 1.88. The van der Waals surface area contributed by atoms with Gasteiger partial charge >= 0.3 is 0 Å². The number of benzene rings is 1. The fourth-order valence-electron chi connectivity index (χ4n) is 1.38. The fraction of sp³-hybridized carbons (Fsp3) is 0.417. The van der Waals surface area contributed by atoms with Crippen LogP contribution in [0.2, 0.25) is 0 Å². The van der Waals surface area contributed by atoms with Crippen molar-refractivity contribution in [2.75, 3.05) is 32.0 Å². The van der Waals surface area contributed by atoms with Crippen LogP contribution in [0.5, 0.6) is 0 Å². The first-order chi connectivity index (χ1) is 7.61. The van der Waals surface area contributed by atoms with Crippen LogP contribution in [0.3, 0.4) is 0 Å². The van der Waals surface area contributed by atoms with E-state index in [0.29, 0.717) is 13.1 Å². The summed E-state index contributed by atoms with van der Waals surface area (Å²) in [5.74, 6) is -0.0141. The maximum Gasteiger partial charge on any atom is 0.238 e. The molecule has 0 atom stereocenters. The molecule has 4 heteroatoms. The van der Waals surface area contributed by atoms with Crippen LogP contribution < -0.4 is 11.1 Å². The molecule has 0 saturated heterocycles. The van der Waals surface area contributed by atoms with E-state index in [4.69, 9.17) is 5.73 Å². The summed E-state index contributed by atoms with van der Waals surface area (Å²) >= 11 is 0. The summed E-state index contributed by atoms with van der Waals surface area (Å²) < 4.78 is 0. The van der Waals surface area contributed by atoms with Crippen LogP contribution in [0.1, 0.15) is 5.56 Å². The molecule has 0 spiro atoms. The van der Waals surface area contributed by atoms with Crippen LogP contribution in [0.25, 0.3) is 0 Å². The van der Waals surface area contributed by atoms with Crippen molar-refractivity contribution in [3.8, 4) is 0 Å². The number of nitrogens with zero attached hydrogens (tertiary/aromatic N) is 1. The molecule has 0 aliphatic carbocycles. The standard InChI is InChI=1S/C12H19N3O/c1-10-3-5-11(6-4-10)14-12(16)9-15(2)8-7-13/h3-6H,7-9,13H2,1-2H3,(H,14,16). The Labute approximate surface area is 96.4 Å². The first kappa shape index (κ1) is 12.7. The molecule has 0 radical (unpaired) electrons. The highest BCUT2D eigenvalue weighted by atomic mass is 16.2. The van der Waals surface area contributed by atoms with Crippen LogP contribution in [-0.4, -0.2) is 37.5 Å². The molecule has 0 heterocycles. The monoisotopic (exact) mass is 221 g/mol. The zero-order valence-electron chi connectivity index (χ0n) is 9.86. The molecule has 0 aromatic heterocycles. The quantitative estimate of drug-likeness (QED) is 0.774. The van der Waals surface area contributed by atoms with Gasteiger partial charge in [-0.25, -0.2) is 0 Å². The lowest BCUT2D eigenvalue weighted by Crippen LogP contribution is -2.33. The summed E-state index contributed by atoms with van der Waals surface area (Å²) in [6, 6.07) is 7.74. The van der Waals surface area contributed by atoms with Gasteiger partial charge in [-0.2, -0.15) is 0 Å². The molecule has 0 aliphatic rings. The van der Waals surface area contributed by atoms with E-state index < -0.39 is 0 Å². The van der Waals surface area contributed by atoms with Gasteiger partial charge in [-0.1, -0.05) is 17.7 Å². The fourth-order valence-corrected chi connectivity index (χ4v) is 1.38. The van der Waals surface area contributed by atoms with Crippen molar-refractivity contribution in [2.24, 2.45) is 5.73 Å². The van der Waals surface area contributed by atoms with Gasteiger partial charge in [-0.05, 0) is 26.1 Å². The second kappa shape index (κ2) is 6.25. The Balaban J connectivity index is 2.42. The zero-order valence-corrected chi connectivity index (χ0v) is 9.86. The predicted octanol–water partition coefficient (Wildman–Crippen LogP) is 0.824. The SMILES string of the molecule is Cc1ccc(NC(=O)CN(C)CCN)cc1. The van der Waals surface area contributed by atoms with E-state index in [-0.39, 0.29) is 5.91 Å². The van der Waals surface area contributed by atoms with Crippen molar-refractivity contribution in [3.05, 3.63) is 29.8 Å². The Morgan fingerprint density at radius 3 is 2.56 bits per heavy atom. The van der Waals surface area contributed by atoms with Gasteiger partial charge in [-0.15, -0.1) is 0 Å². The van der Waals surface area contributed by atoms with Crippen LogP contribution in [0.15, 0.2) is 24.3 Å². The minimum absolute atomic E-state index is 0.0141. The number of carbonyl (C=O) groups is 1. The van der Waals surface area contributed by atoms with Crippen LogP contribution in [-0.2, 0) is 4.79 Å². The van der Waals surface area contributed by atoms with E-state index in [2.05, 4.69) is 5.32 Å². The minimum atomic E-state index is -0.0141. The largest absolute Gasteiger partial charge is 0.329 e. The van der Waals surface area contributed by atoms with Crippen molar-refractivity contribution in [2.45, 2.75) is 6.92 Å². The van der Waals surface area contributed by atoms with Gasteiger partial charge in [0.1, 0.15) is 0 Å². The summed E-state index contributed by atoms with van der Waals surface area (Å²) in [5.41, 5.74) is 7.41. The normalized spacial score (nSPS) is 10.5. The summed E-state index contributed by atoms with van der Waals surface area (Å²) in [6.07, 6.45) is 0. The molecule has 0 unspecified atom stereocenters. The van der Waals surface area contributed by atoms with Crippen LogP contribution in [0, 0.1) is 6.92 Å². The van der Waals surface area contributed by atoms with Crippen LogP contribution >= 0.6 is 0 Å². The molecule has 1 rings (SSSR count). The third-order valence-electron chi connectivity index (χ3n) is 2.26. The zero-order chi connectivity index (χ0) is 12.0. The highest BCUT2D eigenvalue weighted by molar-refractivity contribution is 5.92. The third kappa shape index (κ3) is 4.42. The predicted molar refractivity (Wildman–Crippen MR) is 66.4 cm³/mol. The van der Waals surface area contributed by atoms with Crippen molar-refractivity contribution in [1.82, 2.24) is 4.90 Å². The van der Waals surface area contributed by atoms with Gasteiger partial charge in [0.05, 0.1) is 6.54 Å². The average Bonchev–Trinajstić information content (AvgIpc) is 2.21. The van der Waals surface area contributed by atoms with Gasteiger partial charge in [0.25, 0.3) is 0 Å². The molecule has 16 heavy (non-hydrogen) atoms. The van der Waals surface area contributed by atoms with Gasteiger partial charge in [0.2, 0.25) is 5.91 Å². The lowest BCUT2D eigenvalue weighted by Gasteiger charge is -2.14. The summed E-state index contributed by atoms with van der Waals surface area (Å²) in [6.45, 7) is 3.67. The van der Waals surface area contributed by atoms with Crippen molar-refractivity contribution < 1.29 is 4.79 Å². The first-order valence-corrected chi connectivity index (χ1v) is 5.37. The van der Waals surface area contributed by atoms with E-state index in [1.54, 1.807) is 0 Å². The molecule has 1 amide bonds. The van der Waals surface area contributed by atoms with Gasteiger partial charge in [-0.3, -0.25) is 9.69 Å². The van der Waals surface area contributed by atoms with Crippen molar-refractivity contribution >= 4 is 11.6 Å². The Morgan fingerprint density at radius 2 is 2.00 bits per heavy atom. The summed E-state index contributed by atoms with van der Waals surface area (Å²) in [4.78, 5) is 13.5. The van der Waals surface area contributed by atoms with E-state index >= 15 is 0 Å². The Morgan fingerprint density at radius 1 is 1.38 bits per heavy atom. The highest BCUT2D eigenvalue weighted by Gasteiger charge is 2.05. The number of nitrogens with one attached hydrogen (secondary N) is 1. The number of hydrogen-bond acceptors (Lipinski definition) is 3. The number of likely N-dealkylation sites (N-methyl/N-ethyl adjacent to an activating group) is 1. The number of nitrogens with two attached hydrogens (primary N) is 1. The number of carbonyl (C=O) groups excluding carboxylic acids is 1. The van der Waals surface area contributed by atoms with Crippen molar-refractivity contribution in [3.63, 3.8) is 0 Å². The lowest BCUT2D eigenvalue weighted by molar-refractivity contribution is -0.117. The molecule has 4 nitrogen and oxygen atoms in total. The first-order valence-electron chi connectivity index (χ1n) is 5.37. The Kier molecular flexibility index (Phi) is 4.95. The molecule has 3 N–H and O–H groups in total. The van der Waals surface area contributed by atoms with E-state index in [1.807, 2.05) is 43.1 Å². The van der Waals surface area contributed by atoms with Gasteiger partial charge < -0.3 is 11.1 Å². The molecule has 88 valence electrons. The number of rotatable bonds is 5. The molecule has 0 fully saturated rings. The van der Waals surface area contributed by atoms with Gasteiger partial charge in [0, 0.05) is 18.8 Å². The number of aryl methyl sites for hydroxylation is 1.